The second-order valence-electron chi connectivity index (χ2n) is 4.34. The Balaban J connectivity index is 2.92. The van der Waals surface area contributed by atoms with Gasteiger partial charge in [0.05, 0.1) is 5.02 Å². The lowest BCUT2D eigenvalue weighted by atomic mass is 10.2. The summed E-state index contributed by atoms with van der Waals surface area (Å²) in [7, 11) is -3.73. The summed E-state index contributed by atoms with van der Waals surface area (Å²) in [6, 6.07) is 2.25. The van der Waals surface area contributed by atoms with Crippen LogP contribution in [0.4, 0.5) is 4.39 Å². The highest BCUT2D eigenvalue weighted by atomic mass is 35.5. The molecule has 0 radical (unpaired) electrons. The Morgan fingerprint density at radius 1 is 1.42 bits per heavy atom. The molecule has 7 heteroatoms. The largest absolute Gasteiger partial charge is 0.313 e. The maximum absolute atomic E-state index is 13.3. The molecule has 0 saturated carbocycles. The number of hydrogen-bond donors (Lipinski definition) is 2. The van der Waals surface area contributed by atoms with Crippen molar-refractivity contribution in [2.75, 3.05) is 13.1 Å². The van der Waals surface area contributed by atoms with Crippen molar-refractivity contribution in [3.63, 3.8) is 0 Å². The van der Waals surface area contributed by atoms with Crippen LogP contribution in [0.3, 0.4) is 0 Å². The summed E-state index contributed by atoms with van der Waals surface area (Å²) < 4.78 is 39.9. The number of nitrogens with one attached hydrogen (secondary N) is 2. The van der Waals surface area contributed by atoms with Gasteiger partial charge in [-0.05, 0) is 38.1 Å². The minimum atomic E-state index is -3.73. The van der Waals surface area contributed by atoms with E-state index >= 15 is 0 Å². The van der Waals surface area contributed by atoms with Gasteiger partial charge in [0.1, 0.15) is 10.7 Å². The van der Waals surface area contributed by atoms with Crippen LogP contribution in [0.1, 0.15) is 19.4 Å². The molecule has 1 aromatic rings. The van der Waals surface area contributed by atoms with Crippen LogP contribution in [0.2, 0.25) is 5.02 Å². The summed E-state index contributed by atoms with van der Waals surface area (Å²) in [5.41, 5.74) is 0.240. The zero-order chi connectivity index (χ0) is 14.6. The minimum absolute atomic E-state index is 0.0000887. The summed E-state index contributed by atoms with van der Waals surface area (Å²) in [6.07, 6.45) is 0. The Kier molecular flexibility index (Phi) is 5.73. The maximum atomic E-state index is 13.3. The van der Waals surface area contributed by atoms with Gasteiger partial charge in [-0.1, -0.05) is 18.5 Å². The molecule has 0 heterocycles. The van der Waals surface area contributed by atoms with Gasteiger partial charge in [0.15, 0.2) is 0 Å². The van der Waals surface area contributed by atoms with Crippen molar-refractivity contribution in [1.82, 2.24) is 10.0 Å². The van der Waals surface area contributed by atoms with Gasteiger partial charge >= 0.3 is 0 Å². The van der Waals surface area contributed by atoms with E-state index in [1.807, 2.05) is 13.8 Å². The second-order valence-corrected chi connectivity index (χ2v) is 6.49. The van der Waals surface area contributed by atoms with Crippen LogP contribution in [0.5, 0.6) is 0 Å². The number of benzene rings is 1. The molecule has 0 unspecified atom stereocenters. The zero-order valence-corrected chi connectivity index (χ0v) is 12.7. The van der Waals surface area contributed by atoms with Crippen LogP contribution >= 0.6 is 11.6 Å². The molecule has 19 heavy (non-hydrogen) atoms. The van der Waals surface area contributed by atoms with Crippen molar-refractivity contribution in [2.24, 2.45) is 0 Å². The van der Waals surface area contributed by atoms with E-state index in [0.29, 0.717) is 0 Å². The SMILES string of the molecule is CCN[C@H](C)CNS(=O)(=O)c1cc(C)c(F)cc1Cl. The minimum Gasteiger partial charge on any atom is -0.313 e. The molecule has 0 aliphatic heterocycles. The van der Waals surface area contributed by atoms with E-state index in [-0.39, 0.29) is 28.1 Å². The predicted molar refractivity (Wildman–Crippen MR) is 74.5 cm³/mol. The first-order chi connectivity index (χ1) is 8.77. The molecular formula is C12H18ClFN2O2S. The zero-order valence-electron chi connectivity index (χ0n) is 11.1. The number of halogens is 2. The van der Waals surface area contributed by atoms with Crippen LogP contribution in [0.25, 0.3) is 0 Å². The van der Waals surface area contributed by atoms with Crippen LogP contribution in [0, 0.1) is 12.7 Å². The van der Waals surface area contributed by atoms with E-state index in [0.717, 1.165) is 12.6 Å². The summed E-state index contributed by atoms with van der Waals surface area (Å²) in [6.45, 7) is 6.28. The van der Waals surface area contributed by atoms with E-state index in [1.54, 1.807) is 0 Å². The van der Waals surface area contributed by atoms with E-state index in [2.05, 4.69) is 10.0 Å². The van der Waals surface area contributed by atoms with Crippen molar-refractivity contribution < 1.29 is 12.8 Å². The Bertz CT molecular complexity index is 549. The average Bonchev–Trinajstić information content (AvgIpc) is 2.31. The van der Waals surface area contributed by atoms with Gasteiger partial charge in [-0.25, -0.2) is 17.5 Å². The fourth-order valence-corrected chi connectivity index (χ4v) is 3.30. The molecule has 0 aromatic heterocycles. The number of likely N-dealkylation sites (N-methyl/N-ethyl adjacent to an activating group) is 1. The lowest BCUT2D eigenvalue weighted by molar-refractivity contribution is 0.536. The van der Waals surface area contributed by atoms with Crippen LogP contribution in [-0.4, -0.2) is 27.5 Å². The third-order valence-electron chi connectivity index (χ3n) is 2.63. The molecule has 4 nitrogen and oxygen atoms in total. The second kappa shape index (κ2) is 6.65. The molecule has 0 aliphatic rings. The normalized spacial score (nSPS) is 13.5. The predicted octanol–water partition coefficient (Wildman–Crippen LogP) is 2.06. The molecule has 0 fully saturated rings. The molecule has 2 N–H and O–H groups in total. The lowest BCUT2D eigenvalue weighted by Gasteiger charge is -2.14. The van der Waals surface area contributed by atoms with Gasteiger partial charge in [0.25, 0.3) is 0 Å². The molecule has 1 atom stereocenters. The number of sulfonamides is 1. The van der Waals surface area contributed by atoms with Gasteiger partial charge in [0.2, 0.25) is 10.0 Å². The van der Waals surface area contributed by atoms with Crippen molar-refractivity contribution in [2.45, 2.75) is 31.7 Å². The molecule has 108 valence electrons. The first-order valence-electron chi connectivity index (χ1n) is 5.96. The number of aryl methyl sites for hydroxylation is 1. The number of hydrogen-bond acceptors (Lipinski definition) is 3. The molecular weight excluding hydrogens is 291 g/mol. The Morgan fingerprint density at radius 2 is 2.05 bits per heavy atom. The summed E-state index contributed by atoms with van der Waals surface area (Å²) in [5.74, 6) is -0.523. The topological polar surface area (TPSA) is 58.2 Å². The quantitative estimate of drug-likeness (QED) is 0.846. The highest BCUT2D eigenvalue weighted by molar-refractivity contribution is 7.89. The van der Waals surface area contributed by atoms with Gasteiger partial charge in [-0.15, -0.1) is 0 Å². The molecule has 0 saturated heterocycles. The third-order valence-corrected chi connectivity index (χ3v) is 4.52. The first kappa shape index (κ1) is 16.4. The van der Waals surface area contributed by atoms with Gasteiger partial charge < -0.3 is 5.32 Å². The first-order valence-corrected chi connectivity index (χ1v) is 7.82. The number of rotatable bonds is 6. The monoisotopic (exact) mass is 308 g/mol. The van der Waals surface area contributed by atoms with Crippen molar-refractivity contribution in [3.8, 4) is 0 Å². The third kappa shape index (κ3) is 4.42. The molecule has 1 aromatic carbocycles. The van der Waals surface area contributed by atoms with Crippen LogP contribution in [0.15, 0.2) is 17.0 Å². The maximum Gasteiger partial charge on any atom is 0.242 e. The summed E-state index contributed by atoms with van der Waals surface area (Å²) in [4.78, 5) is -0.100. The standard InChI is InChI=1S/C12H18ClFN2O2S/c1-4-15-9(3)7-16-19(17,18)12-5-8(2)11(14)6-10(12)13/h5-6,9,15-16H,4,7H2,1-3H3/t9-/m1/s1. The molecule has 0 aliphatic carbocycles. The lowest BCUT2D eigenvalue weighted by Crippen LogP contribution is -2.38. The Hall–Kier alpha value is -0.690. The van der Waals surface area contributed by atoms with Crippen molar-refractivity contribution in [3.05, 3.63) is 28.5 Å². The van der Waals surface area contributed by atoms with Gasteiger partial charge in [-0.3, -0.25) is 0 Å². The summed E-state index contributed by atoms with van der Waals surface area (Å²) >= 11 is 5.79. The molecule has 0 amide bonds. The molecule has 1 rings (SSSR count). The molecule has 0 spiro atoms. The van der Waals surface area contributed by atoms with Crippen LogP contribution in [-0.2, 0) is 10.0 Å². The van der Waals surface area contributed by atoms with Crippen molar-refractivity contribution >= 4 is 21.6 Å². The van der Waals surface area contributed by atoms with Crippen molar-refractivity contribution in [1.29, 1.82) is 0 Å². The molecule has 0 bridgehead atoms. The highest BCUT2D eigenvalue weighted by Gasteiger charge is 2.20. The van der Waals surface area contributed by atoms with E-state index in [9.17, 15) is 12.8 Å². The fourth-order valence-electron chi connectivity index (χ4n) is 1.57. The average molecular weight is 309 g/mol. The fraction of sp³-hybridized carbons (Fsp3) is 0.500. The van der Waals surface area contributed by atoms with E-state index in [1.165, 1.54) is 13.0 Å². The van der Waals surface area contributed by atoms with E-state index < -0.39 is 15.8 Å². The van der Waals surface area contributed by atoms with Gasteiger partial charge in [0, 0.05) is 12.6 Å². The van der Waals surface area contributed by atoms with Crippen LogP contribution < -0.4 is 10.0 Å². The van der Waals surface area contributed by atoms with Gasteiger partial charge in [-0.2, -0.15) is 0 Å². The smallest absolute Gasteiger partial charge is 0.242 e. The summed E-state index contributed by atoms with van der Waals surface area (Å²) in [5, 5.41) is 2.97. The Labute approximate surface area is 118 Å². The Morgan fingerprint density at radius 3 is 2.63 bits per heavy atom. The highest BCUT2D eigenvalue weighted by Crippen LogP contribution is 2.24. The van der Waals surface area contributed by atoms with E-state index in [4.69, 9.17) is 11.6 Å².